The normalized spacial score (nSPS) is 17.4. The molecule has 0 saturated heterocycles. The van der Waals surface area contributed by atoms with Gasteiger partial charge in [-0.05, 0) is 24.4 Å². The van der Waals surface area contributed by atoms with Crippen LogP contribution in [0.25, 0.3) is 11.2 Å². The van der Waals surface area contributed by atoms with Crippen LogP contribution in [0.2, 0.25) is 5.28 Å². The fourth-order valence-electron chi connectivity index (χ4n) is 2.64. The van der Waals surface area contributed by atoms with E-state index in [1.54, 1.807) is 10.8 Å². The van der Waals surface area contributed by atoms with Crippen molar-refractivity contribution in [2.24, 2.45) is 0 Å². The van der Waals surface area contributed by atoms with Gasteiger partial charge in [0.2, 0.25) is 5.28 Å². The van der Waals surface area contributed by atoms with Gasteiger partial charge >= 0.3 is 5.69 Å². The second-order valence-corrected chi connectivity index (χ2v) is 5.34. The summed E-state index contributed by atoms with van der Waals surface area (Å²) < 4.78 is 3.01. The first-order valence-corrected chi connectivity index (χ1v) is 6.81. The number of aromatic nitrogens is 4. The van der Waals surface area contributed by atoms with E-state index in [1.165, 1.54) is 10.4 Å². The van der Waals surface area contributed by atoms with E-state index < -0.39 is 0 Å². The smallest absolute Gasteiger partial charge is 0.272 e. The highest BCUT2D eigenvalue weighted by Crippen LogP contribution is 2.29. The third-order valence-electron chi connectivity index (χ3n) is 3.50. The minimum atomic E-state index is -0.156. The molecule has 0 spiro atoms. The van der Waals surface area contributed by atoms with Crippen molar-refractivity contribution in [2.45, 2.75) is 38.1 Å². The number of rotatable bonds is 1. The van der Waals surface area contributed by atoms with Gasteiger partial charge in [-0.25, -0.2) is 13.8 Å². The molecule has 1 aliphatic rings. The molecule has 18 heavy (non-hydrogen) atoms. The van der Waals surface area contributed by atoms with Crippen LogP contribution >= 0.6 is 24.4 Å². The first-order chi connectivity index (χ1) is 8.68. The Kier molecular flexibility index (Phi) is 3.07. The van der Waals surface area contributed by atoms with Gasteiger partial charge in [-0.2, -0.15) is 4.98 Å². The van der Waals surface area contributed by atoms with E-state index in [-0.39, 0.29) is 17.0 Å². The number of hydrogen-bond donors (Lipinski definition) is 1. The molecule has 1 saturated carbocycles. The Morgan fingerprint density at radius 1 is 1.33 bits per heavy atom. The van der Waals surface area contributed by atoms with Crippen LogP contribution in [0.4, 0.5) is 0 Å². The fraction of sp³-hybridized carbons (Fsp3) is 0.545. The van der Waals surface area contributed by atoms with Crippen LogP contribution in [0.5, 0.6) is 0 Å². The van der Waals surface area contributed by atoms with Crippen LogP contribution in [-0.2, 0) is 0 Å². The largest absolute Gasteiger partial charge is 0.340 e. The fourth-order valence-corrected chi connectivity index (χ4v) is 3.00. The zero-order valence-electron chi connectivity index (χ0n) is 9.71. The van der Waals surface area contributed by atoms with Gasteiger partial charge < -0.3 is 0 Å². The summed E-state index contributed by atoms with van der Waals surface area (Å²) in [5, 5.41) is 0.158. The molecule has 2 aromatic heterocycles. The first kappa shape index (κ1) is 12.0. The van der Waals surface area contributed by atoms with Gasteiger partial charge in [0, 0.05) is 6.04 Å². The summed E-state index contributed by atoms with van der Waals surface area (Å²) in [4.78, 5) is 20.3. The maximum atomic E-state index is 12.2. The van der Waals surface area contributed by atoms with Gasteiger partial charge in [-0.3, -0.25) is 4.57 Å². The summed E-state index contributed by atoms with van der Waals surface area (Å²) in [6.07, 6.45) is 7.09. The Balaban J connectivity index is 2.23. The van der Waals surface area contributed by atoms with Gasteiger partial charge in [0.05, 0.1) is 6.20 Å². The van der Waals surface area contributed by atoms with E-state index in [0.29, 0.717) is 11.2 Å². The van der Waals surface area contributed by atoms with E-state index in [4.69, 9.17) is 11.6 Å². The number of nitrogens with zero attached hydrogens (tertiary/aromatic N) is 4. The van der Waals surface area contributed by atoms with Crippen molar-refractivity contribution in [2.75, 3.05) is 0 Å². The third-order valence-corrected chi connectivity index (χ3v) is 4.07. The molecule has 0 aliphatic heterocycles. The van der Waals surface area contributed by atoms with Gasteiger partial charge in [0.1, 0.15) is 5.52 Å². The predicted molar refractivity (Wildman–Crippen MR) is 73.3 cm³/mol. The molecule has 96 valence electrons. The highest BCUT2D eigenvalue weighted by molar-refractivity contribution is 7.78. The van der Waals surface area contributed by atoms with E-state index in [1.807, 2.05) is 0 Å². The zero-order chi connectivity index (χ0) is 12.7. The van der Waals surface area contributed by atoms with Gasteiger partial charge in [-0.1, -0.05) is 32.1 Å². The molecule has 1 aliphatic carbocycles. The van der Waals surface area contributed by atoms with Crippen LogP contribution < -0.4 is 5.69 Å². The molecule has 0 aromatic carbocycles. The molecular weight excluding hydrogens is 272 g/mol. The SMILES string of the molecule is O=c1n(S)c2cnc(Cl)nc2n1C1CCCCC1. The van der Waals surface area contributed by atoms with Gasteiger partial charge in [-0.15, -0.1) is 0 Å². The van der Waals surface area contributed by atoms with Gasteiger partial charge in [0.25, 0.3) is 0 Å². The molecule has 0 bridgehead atoms. The average molecular weight is 285 g/mol. The Hall–Kier alpha value is -1.01. The molecule has 0 unspecified atom stereocenters. The van der Waals surface area contributed by atoms with Crippen molar-refractivity contribution in [3.05, 3.63) is 22.0 Å². The zero-order valence-corrected chi connectivity index (χ0v) is 11.4. The lowest BCUT2D eigenvalue weighted by Crippen LogP contribution is -2.26. The maximum Gasteiger partial charge on any atom is 0.340 e. The lowest BCUT2D eigenvalue weighted by Gasteiger charge is -2.22. The van der Waals surface area contributed by atoms with Crippen LogP contribution in [0, 0.1) is 0 Å². The molecule has 0 N–H and O–H groups in total. The average Bonchev–Trinajstić information content (AvgIpc) is 2.63. The monoisotopic (exact) mass is 284 g/mol. The molecule has 7 heteroatoms. The molecular formula is C11H13ClN4OS. The number of thiol groups is 1. The molecule has 2 aromatic rings. The molecule has 0 radical (unpaired) electrons. The van der Waals surface area contributed by atoms with Crippen LogP contribution in [-0.4, -0.2) is 18.5 Å². The van der Waals surface area contributed by atoms with E-state index in [0.717, 1.165) is 25.7 Å². The number of imidazole rings is 1. The second kappa shape index (κ2) is 4.59. The number of halogens is 1. The van der Waals surface area contributed by atoms with Crippen LogP contribution in [0.15, 0.2) is 11.0 Å². The standard InChI is InChI=1S/C11H13ClN4OS/c12-10-13-6-8-9(14-10)15(11(17)16(8)18)7-4-2-1-3-5-7/h6-7,18H,1-5H2. The van der Waals surface area contributed by atoms with Crippen molar-refractivity contribution in [1.29, 1.82) is 0 Å². The van der Waals surface area contributed by atoms with E-state index in [9.17, 15) is 4.79 Å². The molecule has 2 heterocycles. The maximum absolute atomic E-state index is 12.2. The van der Waals surface area contributed by atoms with Crippen molar-refractivity contribution in [3.63, 3.8) is 0 Å². The minimum absolute atomic E-state index is 0.156. The summed E-state index contributed by atoms with van der Waals surface area (Å²) in [6.45, 7) is 0. The lowest BCUT2D eigenvalue weighted by atomic mass is 9.95. The van der Waals surface area contributed by atoms with E-state index >= 15 is 0 Å². The first-order valence-electron chi connectivity index (χ1n) is 6.03. The van der Waals surface area contributed by atoms with Crippen LogP contribution in [0.1, 0.15) is 38.1 Å². The molecule has 5 nitrogen and oxygen atoms in total. The molecule has 0 amide bonds. The quantitative estimate of drug-likeness (QED) is 0.646. The molecule has 0 atom stereocenters. The van der Waals surface area contributed by atoms with Crippen molar-refractivity contribution in [1.82, 2.24) is 18.5 Å². The van der Waals surface area contributed by atoms with Gasteiger partial charge in [0.15, 0.2) is 5.65 Å². The predicted octanol–water partition coefficient (Wildman–Crippen LogP) is 2.44. The Morgan fingerprint density at radius 2 is 2.06 bits per heavy atom. The number of hydrogen-bond acceptors (Lipinski definition) is 4. The number of fused-ring (bicyclic) bond motifs is 1. The van der Waals surface area contributed by atoms with Crippen molar-refractivity contribution in [3.8, 4) is 0 Å². The van der Waals surface area contributed by atoms with Crippen molar-refractivity contribution < 1.29 is 0 Å². The molecule has 1 fully saturated rings. The summed E-state index contributed by atoms with van der Waals surface area (Å²) >= 11 is 10.0. The Bertz CT molecular complexity index is 644. The van der Waals surface area contributed by atoms with Crippen LogP contribution in [0.3, 0.4) is 0 Å². The highest BCUT2D eigenvalue weighted by Gasteiger charge is 2.22. The lowest BCUT2D eigenvalue weighted by molar-refractivity contribution is 0.352. The highest BCUT2D eigenvalue weighted by atomic mass is 35.5. The second-order valence-electron chi connectivity index (χ2n) is 4.60. The summed E-state index contributed by atoms with van der Waals surface area (Å²) in [7, 11) is 0. The summed E-state index contributed by atoms with van der Waals surface area (Å²) in [6, 6.07) is 0.202. The summed E-state index contributed by atoms with van der Waals surface area (Å²) in [5.41, 5.74) is 1.04. The summed E-state index contributed by atoms with van der Waals surface area (Å²) in [5.74, 6) is 0. The topological polar surface area (TPSA) is 52.7 Å². The Labute approximate surface area is 114 Å². The third kappa shape index (κ3) is 1.83. The molecule has 3 rings (SSSR count). The Morgan fingerprint density at radius 3 is 2.78 bits per heavy atom. The minimum Gasteiger partial charge on any atom is -0.272 e. The van der Waals surface area contributed by atoms with E-state index in [2.05, 4.69) is 22.8 Å². The van der Waals surface area contributed by atoms with Crippen molar-refractivity contribution >= 4 is 35.6 Å².